The number of nitrogen functional groups attached to an aromatic ring is 1. The third kappa shape index (κ3) is 2.75. The molecule has 22 heavy (non-hydrogen) atoms. The SMILES string of the molecule is Cc1nc(-c2ccc(NC(=O)c3nccnc3N)cc2)n[nH]1. The predicted octanol–water partition coefficient (Wildman–Crippen LogP) is 1.40. The van der Waals surface area contributed by atoms with Crippen molar-refractivity contribution in [2.75, 3.05) is 11.1 Å². The molecule has 0 atom stereocenters. The Morgan fingerprint density at radius 3 is 2.55 bits per heavy atom. The van der Waals surface area contributed by atoms with Crippen LogP contribution < -0.4 is 11.1 Å². The van der Waals surface area contributed by atoms with Crippen LogP contribution in [0.2, 0.25) is 0 Å². The first-order chi connectivity index (χ1) is 10.6. The lowest BCUT2D eigenvalue weighted by atomic mass is 10.2. The molecule has 0 aliphatic carbocycles. The van der Waals surface area contributed by atoms with Crippen molar-refractivity contribution >= 4 is 17.4 Å². The largest absolute Gasteiger partial charge is 0.382 e. The van der Waals surface area contributed by atoms with E-state index in [2.05, 4.69) is 30.5 Å². The zero-order valence-electron chi connectivity index (χ0n) is 11.7. The molecule has 0 unspecified atom stereocenters. The van der Waals surface area contributed by atoms with Crippen molar-refractivity contribution in [1.29, 1.82) is 0 Å². The Labute approximate surface area is 125 Å². The number of carbonyl (C=O) groups excluding carboxylic acids is 1. The molecule has 0 bridgehead atoms. The van der Waals surface area contributed by atoms with Crippen molar-refractivity contribution < 1.29 is 4.79 Å². The number of rotatable bonds is 3. The molecule has 4 N–H and O–H groups in total. The molecule has 1 aromatic carbocycles. The highest BCUT2D eigenvalue weighted by Crippen LogP contribution is 2.18. The van der Waals surface area contributed by atoms with Crippen LogP contribution in [0.15, 0.2) is 36.7 Å². The average Bonchev–Trinajstić information content (AvgIpc) is 2.95. The summed E-state index contributed by atoms with van der Waals surface area (Å²) >= 11 is 0. The molecule has 0 spiro atoms. The Hall–Kier alpha value is -3.29. The van der Waals surface area contributed by atoms with Crippen LogP contribution in [0.5, 0.6) is 0 Å². The van der Waals surface area contributed by atoms with Gasteiger partial charge in [0.05, 0.1) is 0 Å². The van der Waals surface area contributed by atoms with Crippen LogP contribution in [-0.2, 0) is 0 Å². The summed E-state index contributed by atoms with van der Waals surface area (Å²) in [4.78, 5) is 24.1. The van der Waals surface area contributed by atoms with Crippen LogP contribution in [0.25, 0.3) is 11.4 Å². The quantitative estimate of drug-likeness (QED) is 0.671. The number of aryl methyl sites for hydroxylation is 1. The molecular formula is C14H13N7O. The van der Waals surface area contributed by atoms with Gasteiger partial charge in [-0.25, -0.2) is 15.0 Å². The Bertz CT molecular complexity index is 810. The number of aromatic amines is 1. The van der Waals surface area contributed by atoms with Gasteiger partial charge in [-0.1, -0.05) is 0 Å². The monoisotopic (exact) mass is 295 g/mol. The fraction of sp³-hybridized carbons (Fsp3) is 0.0714. The number of amides is 1. The van der Waals surface area contributed by atoms with Crippen molar-refractivity contribution in [3.8, 4) is 11.4 Å². The molecule has 8 nitrogen and oxygen atoms in total. The van der Waals surface area contributed by atoms with E-state index in [9.17, 15) is 4.79 Å². The number of hydrogen-bond donors (Lipinski definition) is 3. The van der Waals surface area contributed by atoms with E-state index >= 15 is 0 Å². The number of benzene rings is 1. The minimum Gasteiger partial charge on any atom is -0.382 e. The number of nitrogens with one attached hydrogen (secondary N) is 2. The predicted molar refractivity (Wildman–Crippen MR) is 81.0 cm³/mol. The molecule has 0 saturated heterocycles. The summed E-state index contributed by atoms with van der Waals surface area (Å²) < 4.78 is 0. The summed E-state index contributed by atoms with van der Waals surface area (Å²) in [6.07, 6.45) is 2.85. The standard InChI is InChI=1S/C14H13N7O/c1-8-18-13(21-20-8)9-2-4-10(5-3-9)19-14(22)11-12(15)17-7-6-16-11/h2-7H,1H3,(H2,15,17)(H,19,22)(H,18,20,21). The maximum Gasteiger partial charge on any atom is 0.278 e. The van der Waals surface area contributed by atoms with Crippen molar-refractivity contribution in [2.24, 2.45) is 0 Å². The molecule has 110 valence electrons. The van der Waals surface area contributed by atoms with Gasteiger partial charge in [-0.2, -0.15) is 5.10 Å². The van der Waals surface area contributed by atoms with E-state index in [1.54, 1.807) is 12.1 Å². The van der Waals surface area contributed by atoms with E-state index in [1.807, 2.05) is 19.1 Å². The van der Waals surface area contributed by atoms with Gasteiger partial charge >= 0.3 is 0 Å². The molecule has 2 heterocycles. The van der Waals surface area contributed by atoms with E-state index in [1.165, 1.54) is 12.4 Å². The fourth-order valence-electron chi connectivity index (χ4n) is 1.89. The van der Waals surface area contributed by atoms with Gasteiger partial charge in [0, 0.05) is 23.6 Å². The highest BCUT2D eigenvalue weighted by atomic mass is 16.1. The van der Waals surface area contributed by atoms with Gasteiger partial charge in [-0.15, -0.1) is 0 Å². The zero-order valence-corrected chi connectivity index (χ0v) is 11.7. The number of aromatic nitrogens is 5. The molecule has 8 heteroatoms. The Morgan fingerprint density at radius 2 is 1.91 bits per heavy atom. The number of hydrogen-bond acceptors (Lipinski definition) is 6. The van der Waals surface area contributed by atoms with E-state index in [0.29, 0.717) is 11.5 Å². The summed E-state index contributed by atoms with van der Waals surface area (Å²) in [5.74, 6) is 1.03. The lowest BCUT2D eigenvalue weighted by molar-refractivity contribution is 0.102. The van der Waals surface area contributed by atoms with Gasteiger partial charge in [0.15, 0.2) is 17.3 Å². The van der Waals surface area contributed by atoms with Crippen molar-refractivity contribution in [3.05, 3.63) is 48.2 Å². The van der Waals surface area contributed by atoms with Crippen LogP contribution in [0.3, 0.4) is 0 Å². The third-order valence-corrected chi connectivity index (χ3v) is 2.94. The van der Waals surface area contributed by atoms with Crippen LogP contribution in [0.4, 0.5) is 11.5 Å². The van der Waals surface area contributed by atoms with Crippen LogP contribution >= 0.6 is 0 Å². The molecule has 0 aliphatic rings. The van der Waals surface area contributed by atoms with Crippen LogP contribution in [-0.4, -0.2) is 31.1 Å². The molecular weight excluding hydrogens is 282 g/mol. The lowest BCUT2D eigenvalue weighted by Gasteiger charge is -2.06. The topological polar surface area (TPSA) is 122 Å². The van der Waals surface area contributed by atoms with Crippen molar-refractivity contribution in [3.63, 3.8) is 0 Å². The van der Waals surface area contributed by atoms with Gasteiger partial charge in [0.25, 0.3) is 5.91 Å². The highest BCUT2D eigenvalue weighted by molar-refractivity contribution is 6.05. The molecule has 0 fully saturated rings. The zero-order chi connectivity index (χ0) is 15.5. The molecule has 1 amide bonds. The normalized spacial score (nSPS) is 10.4. The Morgan fingerprint density at radius 1 is 1.18 bits per heavy atom. The average molecular weight is 295 g/mol. The fourth-order valence-corrected chi connectivity index (χ4v) is 1.89. The molecule has 0 aliphatic heterocycles. The van der Waals surface area contributed by atoms with Crippen molar-refractivity contribution in [2.45, 2.75) is 6.92 Å². The van der Waals surface area contributed by atoms with Gasteiger partial charge in [0.1, 0.15) is 5.82 Å². The van der Waals surface area contributed by atoms with Gasteiger partial charge in [-0.05, 0) is 31.2 Å². The maximum absolute atomic E-state index is 12.1. The first kappa shape index (κ1) is 13.7. The third-order valence-electron chi connectivity index (χ3n) is 2.94. The van der Waals surface area contributed by atoms with E-state index < -0.39 is 5.91 Å². The van der Waals surface area contributed by atoms with Crippen LogP contribution in [0, 0.1) is 6.92 Å². The van der Waals surface area contributed by atoms with E-state index in [4.69, 9.17) is 5.73 Å². The lowest BCUT2D eigenvalue weighted by Crippen LogP contribution is -2.16. The summed E-state index contributed by atoms with van der Waals surface area (Å²) in [7, 11) is 0. The van der Waals surface area contributed by atoms with Gasteiger partial charge in [0.2, 0.25) is 0 Å². The van der Waals surface area contributed by atoms with E-state index in [-0.39, 0.29) is 11.5 Å². The summed E-state index contributed by atoms with van der Waals surface area (Å²) in [6.45, 7) is 1.83. The second-order valence-electron chi connectivity index (χ2n) is 4.57. The minimum atomic E-state index is -0.410. The smallest absolute Gasteiger partial charge is 0.278 e. The van der Waals surface area contributed by atoms with Crippen LogP contribution in [0.1, 0.15) is 16.3 Å². The Kier molecular flexibility index (Phi) is 3.48. The highest BCUT2D eigenvalue weighted by Gasteiger charge is 2.12. The summed E-state index contributed by atoms with van der Waals surface area (Å²) in [5, 5.41) is 9.57. The van der Waals surface area contributed by atoms with Gasteiger partial charge < -0.3 is 11.1 Å². The van der Waals surface area contributed by atoms with Gasteiger partial charge in [-0.3, -0.25) is 9.89 Å². The number of anilines is 2. The number of carbonyl (C=O) groups is 1. The second kappa shape index (κ2) is 5.60. The molecule has 0 radical (unpaired) electrons. The number of nitrogens with two attached hydrogens (primary N) is 1. The van der Waals surface area contributed by atoms with E-state index in [0.717, 1.165) is 11.4 Å². The molecule has 3 aromatic rings. The maximum atomic E-state index is 12.1. The summed E-state index contributed by atoms with van der Waals surface area (Å²) in [5.41, 5.74) is 7.18. The molecule has 2 aromatic heterocycles. The van der Waals surface area contributed by atoms with Crippen molar-refractivity contribution in [1.82, 2.24) is 25.1 Å². The minimum absolute atomic E-state index is 0.0906. The Balaban J connectivity index is 1.76. The first-order valence-corrected chi connectivity index (χ1v) is 6.51. The summed E-state index contributed by atoms with van der Waals surface area (Å²) in [6, 6.07) is 7.15. The molecule has 3 rings (SSSR count). The number of H-pyrrole nitrogens is 1. The molecule has 0 saturated carbocycles. The second-order valence-corrected chi connectivity index (χ2v) is 4.57. The first-order valence-electron chi connectivity index (χ1n) is 6.51. The number of nitrogens with zero attached hydrogens (tertiary/aromatic N) is 4.